The van der Waals surface area contributed by atoms with Crippen LogP contribution in [-0.2, 0) is 6.54 Å². The molecular formula is C20H27ClN3OS+. The van der Waals surface area contributed by atoms with Crippen molar-refractivity contribution < 1.29 is 9.32 Å². The predicted octanol–water partition coefficient (Wildman–Crippen LogP) is 3.51. The highest BCUT2D eigenvalue weighted by Crippen LogP contribution is 2.23. The molecule has 1 aromatic carbocycles. The lowest BCUT2D eigenvalue weighted by molar-refractivity contribution is -0.887. The summed E-state index contributed by atoms with van der Waals surface area (Å²) < 4.78 is 5.53. The maximum absolute atomic E-state index is 6.23. The highest BCUT2D eigenvalue weighted by atomic mass is 35.5. The summed E-state index contributed by atoms with van der Waals surface area (Å²) in [5, 5.41) is 4.82. The van der Waals surface area contributed by atoms with E-state index in [0.29, 0.717) is 11.7 Å². The molecule has 0 unspecified atom stereocenters. The van der Waals surface area contributed by atoms with Crippen molar-refractivity contribution in [3.63, 3.8) is 0 Å². The van der Waals surface area contributed by atoms with Gasteiger partial charge in [0.1, 0.15) is 5.76 Å². The number of rotatable bonds is 7. The largest absolute Gasteiger partial charge is 0.467 e. The monoisotopic (exact) mass is 392 g/mol. The van der Waals surface area contributed by atoms with Crippen molar-refractivity contribution in [2.24, 2.45) is 0 Å². The summed E-state index contributed by atoms with van der Waals surface area (Å²) in [4.78, 5) is 3.90. The van der Waals surface area contributed by atoms with E-state index in [4.69, 9.17) is 28.2 Å². The van der Waals surface area contributed by atoms with Crippen molar-refractivity contribution in [2.45, 2.75) is 32.7 Å². The summed E-state index contributed by atoms with van der Waals surface area (Å²) >= 11 is 11.9. The van der Waals surface area contributed by atoms with Crippen LogP contribution in [0.15, 0.2) is 41.0 Å². The molecule has 1 aromatic heterocycles. The molecule has 0 atom stereocenters. The molecule has 0 saturated carbocycles. The van der Waals surface area contributed by atoms with E-state index in [0.717, 1.165) is 35.0 Å². The topological polar surface area (TPSA) is 32.9 Å². The Labute approximate surface area is 166 Å². The minimum Gasteiger partial charge on any atom is -0.467 e. The number of nitrogens with one attached hydrogen (secondary N) is 2. The number of nitrogens with zero attached hydrogens (tertiary/aromatic N) is 1. The first-order valence-corrected chi connectivity index (χ1v) is 10.1. The standard InChI is InChI=1S/C20H26ClN3OS/c1-16-18(21)8-4-9-19(16)22-20(26)24(15-17-7-5-14-25-17)13-6-12-23-10-2-3-11-23/h4-5,7-9,14H,2-3,6,10-13,15H2,1H3,(H,22,26)/p+1. The second-order valence-corrected chi connectivity index (χ2v) is 7.70. The lowest BCUT2D eigenvalue weighted by Crippen LogP contribution is -3.10. The van der Waals surface area contributed by atoms with Crippen molar-refractivity contribution in [3.05, 3.63) is 52.9 Å². The quantitative estimate of drug-likeness (QED) is 0.706. The van der Waals surface area contributed by atoms with Crippen molar-refractivity contribution >= 4 is 34.6 Å². The van der Waals surface area contributed by atoms with Crippen LogP contribution in [0, 0.1) is 6.92 Å². The molecule has 0 radical (unpaired) electrons. The molecule has 2 heterocycles. The molecule has 140 valence electrons. The fourth-order valence-corrected chi connectivity index (χ4v) is 3.87. The Morgan fingerprint density at radius 1 is 1.27 bits per heavy atom. The first-order valence-electron chi connectivity index (χ1n) is 9.30. The first-order chi connectivity index (χ1) is 12.6. The number of hydrogen-bond acceptors (Lipinski definition) is 2. The molecule has 2 aromatic rings. The summed E-state index contributed by atoms with van der Waals surface area (Å²) in [6.07, 6.45) is 5.55. The number of quaternary nitrogens is 1. The first kappa shape index (κ1) is 19.2. The lowest BCUT2D eigenvalue weighted by atomic mass is 10.2. The van der Waals surface area contributed by atoms with Gasteiger partial charge >= 0.3 is 0 Å². The number of thiocarbonyl (C=S) groups is 1. The van der Waals surface area contributed by atoms with E-state index in [1.807, 2.05) is 37.3 Å². The van der Waals surface area contributed by atoms with Gasteiger partial charge in [0.05, 0.1) is 32.4 Å². The molecule has 3 rings (SSSR count). The van der Waals surface area contributed by atoms with Crippen molar-refractivity contribution in [2.75, 3.05) is 31.5 Å². The van der Waals surface area contributed by atoms with E-state index < -0.39 is 0 Å². The Bertz CT molecular complexity index is 714. The second kappa shape index (κ2) is 9.40. The van der Waals surface area contributed by atoms with Gasteiger partial charge in [-0.3, -0.25) is 0 Å². The number of likely N-dealkylation sites (tertiary alicyclic amines) is 1. The molecule has 0 bridgehead atoms. The van der Waals surface area contributed by atoms with Crippen LogP contribution in [0.4, 0.5) is 5.69 Å². The third-order valence-corrected chi connectivity index (χ3v) is 5.76. The van der Waals surface area contributed by atoms with Gasteiger partial charge in [-0.25, -0.2) is 0 Å². The van der Waals surface area contributed by atoms with Crippen LogP contribution in [0.25, 0.3) is 0 Å². The Balaban J connectivity index is 1.62. The molecule has 26 heavy (non-hydrogen) atoms. The lowest BCUT2D eigenvalue weighted by Gasteiger charge is -2.26. The number of benzene rings is 1. The van der Waals surface area contributed by atoms with Crippen LogP contribution in [-0.4, -0.2) is 36.2 Å². The highest BCUT2D eigenvalue weighted by Gasteiger charge is 2.17. The van der Waals surface area contributed by atoms with E-state index >= 15 is 0 Å². The maximum atomic E-state index is 6.23. The van der Waals surface area contributed by atoms with Gasteiger partial charge in [0.25, 0.3) is 0 Å². The van der Waals surface area contributed by atoms with Gasteiger partial charge in [-0.1, -0.05) is 17.7 Å². The molecule has 0 aliphatic carbocycles. The molecule has 1 saturated heterocycles. The van der Waals surface area contributed by atoms with E-state index in [1.54, 1.807) is 11.2 Å². The van der Waals surface area contributed by atoms with Crippen LogP contribution < -0.4 is 10.2 Å². The van der Waals surface area contributed by atoms with Crippen LogP contribution in [0.1, 0.15) is 30.6 Å². The molecule has 1 aliphatic heterocycles. The number of furan rings is 1. The summed E-state index contributed by atoms with van der Waals surface area (Å²) in [6, 6.07) is 9.75. The predicted molar refractivity (Wildman–Crippen MR) is 111 cm³/mol. The molecule has 1 fully saturated rings. The maximum Gasteiger partial charge on any atom is 0.173 e. The Hall–Kier alpha value is -1.56. The summed E-state index contributed by atoms with van der Waals surface area (Å²) in [6.45, 7) is 7.41. The van der Waals surface area contributed by atoms with Crippen LogP contribution in [0.2, 0.25) is 5.02 Å². The minimum absolute atomic E-state index is 0.674. The van der Waals surface area contributed by atoms with E-state index in [1.165, 1.54) is 32.5 Å². The fraction of sp³-hybridized carbons (Fsp3) is 0.450. The Morgan fingerprint density at radius 2 is 2.08 bits per heavy atom. The summed E-state index contributed by atoms with van der Waals surface area (Å²) in [5.41, 5.74) is 1.97. The zero-order chi connectivity index (χ0) is 18.4. The second-order valence-electron chi connectivity index (χ2n) is 6.90. The third-order valence-electron chi connectivity index (χ3n) is 4.99. The SMILES string of the molecule is Cc1c(Cl)cccc1NC(=S)N(CCC[NH+]1CCCC1)Cc1ccco1. The number of anilines is 1. The van der Waals surface area contributed by atoms with E-state index in [-0.39, 0.29) is 0 Å². The van der Waals surface area contributed by atoms with Gasteiger partial charge in [0.2, 0.25) is 0 Å². The minimum atomic E-state index is 0.674. The molecule has 0 spiro atoms. The van der Waals surface area contributed by atoms with Gasteiger partial charge in [-0.15, -0.1) is 0 Å². The Kier molecular flexibility index (Phi) is 6.94. The van der Waals surface area contributed by atoms with Gasteiger partial charge in [0, 0.05) is 36.5 Å². The van der Waals surface area contributed by atoms with E-state index in [9.17, 15) is 0 Å². The molecule has 1 aliphatic rings. The number of halogens is 1. The fourth-order valence-electron chi connectivity index (χ4n) is 3.43. The van der Waals surface area contributed by atoms with Crippen LogP contribution in [0.3, 0.4) is 0 Å². The molecule has 6 heteroatoms. The normalized spacial score (nSPS) is 14.5. The smallest absolute Gasteiger partial charge is 0.173 e. The van der Waals surface area contributed by atoms with Gasteiger partial charge < -0.3 is 19.5 Å². The average Bonchev–Trinajstić information content (AvgIpc) is 3.32. The van der Waals surface area contributed by atoms with Crippen LogP contribution in [0.5, 0.6) is 0 Å². The average molecular weight is 393 g/mol. The van der Waals surface area contributed by atoms with Crippen molar-refractivity contribution in [1.29, 1.82) is 0 Å². The van der Waals surface area contributed by atoms with Crippen molar-refractivity contribution in [3.8, 4) is 0 Å². The van der Waals surface area contributed by atoms with Crippen LogP contribution >= 0.6 is 23.8 Å². The van der Waals surface area contributed by atoms with Gasteiger partial charge in [0.15, 0.2) is 5.11 Å². The summed E-state index contributed by atoms with van der Waals surface area (Å²) in [5.74, 6) is 0.922. The third kappa shape index (κ3) is 5.22. The van der Waals surface area contributed by atoms with E-state index in [2.05, 4.69) is 10.2 Å². The summed E-state index contributed by atoms with van der Waals surface area (Å²) in [7, 11) is 0. The molecule has 2 N–H and O–H groups in total. The zero-order valence-corrected chi connectivity index (χ0v) is 16.8. The van der Waals surface area contributed by atoms with Crippen molar-refractivity contribution in [1.82, 2.24) is 4.90 Å². The number of hydrogen-bond donors (Lipinski definition) is 2. The van der Waals surface area contributed by atoms with Gasteiger partial charge in [-0.2, -0.15) is 0 Å². The molecule has 4 nitrogen and oxygen atoms in total. The Morgan fingerprint density at radius 3 is 2.81 bits per heavy atom. The zero-order valence-electron chi connectivity index (χ0n) is 15.3. The molecule has 0 amide bonds. The van der Waals surface area contributed by atoms with Gasteiger partial charge in [-0.05, 0) is 49.0 Å². The highest BCUT2D eigenvalue weighted by molar-refractivity contribution is 7.80. The molecular weight excluding hydrogens is 366 g/mol.